The molecule has 3 rings (SSSR count). The van der Waals surface area contributed by atoms with E-state index in [1.54, 1.807) is 24.3 Å². The van der Waals surface area contributed by atoms with Crippen molar-refractivity contribution in [1.82, 2.24) is 5.32 Å². The largest absolute Gasteiger partial charge is 0.351 e. The van der Waals surface area contributed by atoms with E-state index in [-0.39, 0.29) is 18.4 Å². The molecule has 168 valence electrons. The Morgan fingerprint density at radius 1 is 0.938 bits per heavy atom. The van der Waals surface area contributed by atoms with Crippen LogP contribution >= 0.6 is 0 Å². The van der Waals surface area contributed by atoms with Crippen LogP contribution in [-0.2, 0) is 16.6 Å². The number of benzene rings is 3. The average molecular weight is 451 g/mol. The Balaban J connectivity index is 1.68. The molecule has 1 N–H and O–H groups in total. The minimum atomic E-state index is -3.46. The van der Waals surface area contributed by atoms with Crippen molar-refractivity contribution in [2.24, 2.45) is 0 Å². The second kappa shape index (κ2) is 10.0. The fourth-order valence-electron chi connectivity index (χ4n) is 3.46. The molecule has 32 heavy (non-hydrogen) atoms. The van der Waals surface area contributed by atoms with E-state index in [0.29, 0.717) is 17.8 Å². The number of nitrogens with one attached hydrogen (secondary N) is 1. The lowest BCUT2D eigenvalue weighted by atomic mass is 10.0. The van der Waals surface area contributed by atoms with Crippen LogP contribution in [0.1, 0.15) is 45.5 Å². The van der Waals surface area contributed by atoms with Crippen molar-refractivity contribution < 1.29 is 13.2 Å². The first kappa shape index (κ1) is 23.5. The van der Waals surface area contributed by atoms with Crippen LogP contribution in [0.3, 0.4) is 0 Å². The second-order valence-electron chi connectivity index (χ2n) is 8.26. The van der Waals surface area contributed by atoms with Gasteiger partial charge in [0.1, 0.15) is 0 Å². The molecule has 0 bridgehead atoms. The lowest BCUT2D eigenvalue weighted by Crippen LogP contribution is -2.29. The van der Waals surface area contributed by atoms with Gasteiger partial charge in [0.05, 0.1) is 18.5 Å². The Morgan fingerprint density at radius 3 is 2.19 bits per heavy atom. The number of nitrogens with zero attached hydrogens (tertiary/aromatic N) is 1. The van der Waals surface area contributed by atoms with Gasteiger partial charge in [-0.15, -0.1) is 0 Å². The van der Waals surface area contributed by atoms with Crippen molar-refractivity contribution in [3.05, 3.63) is 101 Å². The fraction of sp³-hybridized carbons (Fsp3) is 0.269. The summed E-state index contributed by atoms with van der Waals surface area (Å²) in [5.74, 6) is 0.0640. The summed E-state index contributed by atoms with van der Waals surface area (Å²) < 4.78 is 26.3. The Kier molecular flexibility index (Phi) is 7.36. The van der Waals surface area contributed by atoms with Crippen LogP contribution in [0.2, 0.25) is 0 Å². The van der Waals surface area contributed by atoms with Crippen LogP contribution in [0.25, 0.3) is 0 Å². The summed E-state index contributed by atoms with van der Waals surface area (Å²) in [6, 6.07) is 22.7. The van der Waals surface area contributed by atoms with Crippen molar-refractivity contribution in [2.45, 2.75) is 33.2 Å². The minimum Gasteiger partial charge on any atom is -0.351 e. The summed E-state index contributed by atoms with van der Waals surface area (Å²) in [4.78, 5) is 12.5. The summed E-state index contributed by atoms with van der Waals surface area (Å²) in [6.45, 7) is 6.78. The lowest BCUT2D eigenvalue weighted by Gasteiger charge is -2.23. The van der Waals surface area contributed by atoms with Crippen LogP contribution in [0, 0.1) is 13.8 Å². The molecule has 0 aromatic heterocycles. The minimum absolute atomic E-state index is 0.145. The predicted octanol–water partition coefficient (Wildman–Crippen LogP) is 4.80. The van der Waals surface area contributed by atoms with Gasteiger partial charge in [0, 0.05) is 12.1 Å². The van der Waals surface area contributed by atoms with Crippen LogP contribution in [0.4, 0.5) is 5.69 Å². The maximum absolute atomic E-state index is 12.5. The van der Waals surface area contributed by atoms with Gasteiger partial charge in [0.15, 0.2) is 0 Å². The van der Waals surface area contributed by atoms with Crippen molar-refractivity contribution >= 4 is 21.6 Å². The van der Waals surface area contributed by atoms with Gasteiger partial charge in [-0.3, -0.25) is 9.10 Å². The molecule has 0 aliphatic heterocycles. The van der Waals surface area contributed by atoms with E-state index in [9.17, 15) is 13.2 Å². The van der Waals surface area contributed by atoms with E-state index in [4.69, 9.17) is 0 Å². The van der Waals surface area contributed by atoms with Gasteiger partial charge in [-0.05, 0) is 66.3 Å². The molecular weight excluding hydrogens is 420 g/mol. The van der Waals surface area contributed by atoms with Crippen LogP contribution in [-0.4, -0.2) is 27.1 Å². The fourth-order valence-corrected chi connectivity index (χ4v) is 4.34. The van der Waals surface area contributed by atoms with Crippen LogP contribution < -0.4 is 9.62 Å². The molecular formula is C26H30N2O3S. The Morgan fingerprint density at radius 2 is 1.59 bits per heavy atom. The van der Waals surface area contributed by atoms with Crippen molar-refractivity contribution in [2.75, 3.05) is 17.1 Å². The highest BCUT2D eigenvalue weighted by Crippen LogP contribution is 2.23. The zero-order chi connectivity index (χ0) is 23.3. The number of hydrogen-bond donors (Lipinski definition) is 1. The van der Waals surface area contributed by atoms with Gasteiger partial charge in [-0.25, -0.2) is 8.42 Å². The Bertz CT molecular complexity index is 1170. The summed E-state index contributed by atoms with van der Waals surface area (Å²) in [5.41, 5.74) is 5.31. The number of carbonyl (C=O) groups excluding carboxylic acids is 1. The zero-order valence-electron chi connectivity index (χ0n) is 19.0. The molecule has 5 nitrogen and oxygen atoms in total. The third-order valence-electron chi connectivity index (χ3n) is 5.66. The maximum Gasteiger partial charge on any atom is 0.251 e. The SMILES string of the molecule is Cc1ccc(N(Cc2ccc(C(=O)NCC(C)c3ccccc3)cc2)S(C)(=O)=O)cc1C. The zero-order valence-corrected chi connectivity index (χ0v) is 19.8. The maximum atomic E-state index is 12.5. The monoisotopic (exact) mass is 450 g/mol. The number of carbonyl (C=O) groups is 1. The molecule has 0 spiro atoms. The van der Waals surface area contributed by atoms with E-state index >= 15 is 0 Å². The molecule has 6 heteroatoms. The van der Waals surface area contributed by atoms with Gasteiger partial charge in [0.25, 0.3) is 5.91 Å². The first-order chi connectivity index (χ1) is 15.1. The number of anilines is 1. The topological polar surface area (TPSA) is 66.5 Å². The highest BCUT2D eigenvalue weighted by atomic mass is 32.2. The third-order valence-corrected chi connectivity index (χ3v) is 6.80. The molecule has 0 aliphatic carbocycles. The number of aryl methyl sites for hydroxylation is 2. The molecule has 1 unspecified atom stereocenters. The molecule has 3 aromatic rings. The van der Waals surface area contributed by atoms with E-state index in [0.717, 1.165) is 16.7 Å². The first-order valence-electron chi connectivity index (χ1n) is 10.6. The third kappa shape index (κ3) is 5.98. The van der Waals surface area contributed by atoms with Gasteiger partial charge in [0.2, 0.25) is 10.0 Å². The summed E-state index contributed by atoms with van der Waals surface area (Å²) in [5, 5.41) is 2.97. The molecule has 0 saturated heterocycles. The van der Waals surface area contributed by atoms with Crippen LogP contribution in [0.15, 0.2) is 72.8 Å². The normalized spacial score (nSPS) is 12.2. The lowest BCUT2D eigenvalue weighted by molar-refractivity contribution is 0.0951. The predicted molar refractivity (Wildman–Crippen MR) is 131 cm³/mol. The van der Waals surface area contributed by atoms with E-state index in [1.165, 1.54) is 16.1 Å². The van der Waals surface area contributed by atoms with Crippen LogP contribution in [0.5, 0.6) is 0 Å². The standard InChI is InChI=1S/C26H30N2O3S/c1-19-10-15-25(16-20(19)2)28(32(4,30)31)18-22-11-13-24(14-12-22)26(29)27-17-21(3)23-8-6-5-7-9-23/h5-16,21H,17-18H2,1-4H3,(H,27,29). The number of sulfonamides is 1. The van der Waals surface area contributed by atoms with Crippen molar-refractivity contribution in [3.63, 3.8) is 0 Å². The van der Waals surface area contributed by atoms with Gasteiger partial charge < -0.3 is 5.32 Å². The summed E-state index contributed by atoms with van der Waals surface area (Å²) in [7, 11) is -3.46. The van der Waals surface area contributed by atoms with Gasteiger partial charge in [-0.1, -0.05) is 55.5 Å². The Hall–Kier alpha value is -3.12. The Labute approximate surface area is 191 Å². The smallest absolute Gasteiger partial charge is 0.251 e. The molecule has 1 amide bonds. The summed E-state index contributed by atoms with van der Waals surface area (Å²) in [6.07, 6.45) is 1.21. The molecule has 0 heterocycles. The number of amides is 1. The number of rotatable bonds is 8. The van der Waals surface area contributed by atoms with Crippen molar-refractivity contribution in [1.29, 1.82) is 0 Å². The first-order valence-corrected chi connectivity index (χ1v) is 12.5. The molecule has 0 aliphatic rings. The van der Waals surface area contributed by atoms with E-state index in [1.807, 2.05) is 50.2 Å². The summed E-state index contributed by atoms with van der Waals surface area (Å²) >= 11 is 0. The van der Waals surface area contributed by atoms with Gasteiger partial charge >= 0.3 is 0 Å². The highest BCUT2D eigenvalue weighted by molar-refractivity contribution is 7.92. The second-order valence-corrected chi connectivity index (χ2v) is 10.2. The molecule has 0 fully saturated rings. The quantitative estimate of drug-likeness (QED) is 0.536. The molecule has 0 saturated carbocycles. The molecule has 1 atom stereocenters. The molecule has 3 aromatic carbocycles. The number of hydrogen-bond acceptors (Lipinski definition) is 3. The van der Waals surface area contributed by atoms with Gasteiger partial charge in [-0.2, -0.15) is 0 Å². The molecule has 0 radical (unpaired) electrons. The average Bonchev–Trinajstić information content (AvgIpc) is 2.78. The highest BCUT2D eigenvalue weighted by Gasteiger charge is 2.19. The van der Waals surface area contributed by atoms with E-state index < -0.39 is 10.0 Å². The van der Waals surface area contributed by atoms with Crippen molar-refractivity contribution in [3.8, 4) is 0 Å². The van der Waals surface area contributed by atoms with E-state index in [2.05, 4.69) is 24.4 Å².